The van der Waals surface area contributed by atoms with Crippen LogP contribution in [0.5, 0.6) is 0 Å². The van der Waals surface area contributed by atoms with Crippen molar-refractivity contribution in [3.05, 3.63) is 0 Å². The maximum atomic E-state index is 11.4. The average Bonchev–Trinajstić information content (AvgIpc) is 2.41. The largest absolute Gasteiger partial charge is 0.396 e. The Morgan fingerprint density at radius 1 is 1.05 bits per heavy atom. The molecular formula is C13H27NO5. The maximum absolute atomic E-state index is 11.4. The van der Waals surface area contributed by atoms with Crippen LogP contribution in [-0.4, -0.2) is 51.0 Å². The summed E-state index contributed by atoms with van der Waals surface area (Å²) in [5.74, 6) is -0.00744. The van der Waals surface area contributed by atoms with Crippen LogP contribution in [0.4, 0.5) is 0 Å². The quantitative estimate of drug-likeness (QED) is 0.366. The van der Waals surface area contributed by atoms with E-state index >= 15 is 0 Å². The third-order valence-corrected chi connectivity index (χ3v) is 2.42. The highest BCUT2D eigenvalue weighted by molar-refractivity contribution is 5.75. The highest BCUT2D eigenvalue weighted by atomic mass is 16.7. The van der Waals surface area contributed by atoms with Gasteiger partial charge in [0.25, 0.3) is 0 Å². The number of carbonyl (C=O) groups excluding carboxylic acids is 1. The molecule has 1 amide bonds. The van der Waals surface area contributed by atoms with Gasteiger partial charge in [0, 0.05) is 19.8 Å². The maximum Gasteiger partial charge on any atom is 0.222 e. The first-order valence-electron chi connectivity index (χ1n) is 6.92. The van der Waals surface area contributed by atoms with E-state index in [9.17, 15) is 4.79 Å². The second-order valence-electron chi connectivity index (χ2n) is 4.08. The van der Waals surface area contributed by atoms with E-state index < -0.39 is 0 Å². The molecule has 6 heteroatoms. The van der Waals surface area contributed by atoms with Crippen molar-refractivity contribution < 1.29 is 24.1 Å². The van der Waals surface area contributed by atoms with Gasteiger partial charge in [0.1, 0.15) is 13.6 Å². The molecule has 0 radical (unpaired) electrons. The monoisotopic (exact) mass is 277 g/mol. The second-order valence-corrected chi connectivity index (χ2v) is 4.08. The molecule has 0 atom stereocenters. The molecule has 0 aliphatic heterocycles. The first-order chi connectivity index (χ1) is 9.31. The number of rotatable bonds is 14. The summed E-state index contributed by atoms with van der Waals surface area (Å²) in [4.78, 5) is 11.4. The summed E-state index contributed by atoms with van der Waals surface area (Å²) in [5.41, 5.74) is 0. The van der Waals surface area contributed by atoms with Crippen LogP contribution in [0.25, 0.3) is 0 Å². The zero-order valence-corrected chi connectivity index (χ0v) is 11.9. The summed E-state index contributed by atoms with van der Waals surface area (Å²) in [6, 6.07) is 0. The third kappa shape index (κ3) is 15.3. The van der Waals surface area contributed by atoms with Gasteiger partial charge in [0.15, 0.2) is 0 Å². The molecule has 19 heavy (non-hydrogen) atoms. The second kappa shape index (κ2) is 15.4. The molecule has 0 aliphatic rings. The molecule has 0 unspecified atom stereocenters. The van der Waals surface area contributed by atoms with E-state index in [2.05, 4.69) is 5.32 Å². The van der Waals surface area contributed by atoms with Crippen molar-refractivity contribution >= 4 is 5.91 Å². The smallest absolute Gasteiger partial charge is 0.222 e. The van der Waals surface area contributed by atoms with E-state index in [0.29, 0.717) is 26.2 Å². The average molecular weight is 277 g/mol. The minimum atomic E-state index is -0.00744. The minimum Gasteiger partial charge on any atom is -0.396 e. The standard InChI is InChI=1S/C13H27NO5/c1-2-17-11-19-12-18-10-7-13(16)14-8-5-3-4-6-9-15/h15H,2-12H2,1H3,(H,14,16). The van der Waals surface area contributed by atoms with E-state index in [1.54, 1.807) is 0 Å². The lowest BCUT2D eigenvalue weighted by atomic mass is 10.2. The Balaban J connectivity index is 3.13. The Bertz CT molecular complexity index is 201. The first-order valence-corrected chi connectivity index (χ1v) is 6.92. The van der Waals surface area contributed by atoms with Gasteiger partial charge in [-0.1, -0.05) is 12.8 Å². The molecule has 0 saturated heterocycles. The van der Waals surface area contributed by atoms with Crippen molar-refractivity contribution in [3.8, 4) is 0 Å². The number of nitrogens with one attached hydrogen (secondary N) is 1. The predicted molar refractivity (Wildman–Crippen MR) is 71.6 cm³/mol. The Morgan fingerprint density at radius 3 is 2.53 bits per heavy atom. The van der Waals surface area contributed by atoms with Crippen LogP contribution < -0.4 is 5.32 Å². The fourth-order valence-electron chi connectivity index (χ4n) is 1.37. The number of hydrogen-bond acceptors (Lipinski definition) is 5. The van der Waals surface area contributed by atoms with Crippen LogP contribution in [-0.2, 0) is 19.0 Å². The Morgan fingerprint density at radius 2 is 1.79 bits per heavy atom. The van der Waals surface area contributed by atoms with Crippen molar-refractivity contribution in [2.45, 2.75) is 39.0 Å². The lowest BCUT2D eigenvalue weighted by Crippen LogP contribution is -2.25. The molecule has 0 bridgehead atoms. The molecule has 0 aromatic heterocycles. The molecular weight excluding hydrogens is 250 g/mol. The van der Waals surface area contributed by atoms with Crippen LogP contribution >= 0.6 is 0 Å². The first kappa shape index (κ1) is 18.3. The molecule has 114 valence electrons. The van der Waals surface area contributed by atoms with Crippen LogP contribution in [0.1, 0.15) is 39.0 Å². The third-order valence-electron chi connectivity index (χ3n) is 2.42. The Kier molecular flexibility index (Phi) is 14.8. The van der Waals surface area contributed by atoms with E-state index in [1.807, 2.05) is 6.92 Å². The van der Waals surface area contributed by atoms with Crippen molar-refractivity contribution in [2.24, 2.45) is 0 Å². The molecule has 0 aromatic carbocycles. The van der Waals surface area contributed by atoms with E-state index in [0.717, 1.165) is 25.7 Å². The Labute approximate surface area is 115 Å². The fraction of sp³-hybridized carbons (Fsp3) is 0.923. The molecule has 0 fully saturated rings. The van der Waals surface area contributed by atoms with Crippen LogP contribution in [0, 0.1) is 0 Å². The highest BCUT2D eigenvalue weighted by Crippen LogP contribution is 1.97. The van der Waals surface area contributed by atoms with Gasteiger partial charge in [0.2, 0.25) is 5.91 Å². The SMILES string of the molecule is CCOCOCOCCC(=O)NCCCCCCO. The molecule has 0 heterocycles. The Hall–Kier alpha value is -0.690. The molecule has 0 spiro atoms. The van der Waals surface area contributed by atoms with Gasteiger partial charge in [0.05, 0.1) is 13.0 Å². The topological polar surface area (TPSA) is 77.0 Å². The number of ether oxygens (including phenoxy) is 3. The summed E-state index contributed by atoms with van der Waals surface area (Å²) in [7, 11) is 0. The van der Waals surface area contributed by atoms with Crippen LogP contribution in [0.3, 0.4) is 0 Å². The minimum absolute atomic E-state index is 0.00744. The molecule has 2 N–H and O–H groups in total. The van der Waals surface area contributed by atoms with Gasteiger partial charge in [-0.2, -0.15) is 0 Å². The van der Waals surface area contributed by atoms with Gasteiger partial charge in [-0.15, -0.1) is 0 Å². The summed E-state index contributed by atoms with van der Waals surface area (Å²) in [6.45, 7) is 4.15. The predicted octanol–water partition coefficient (Wildman–Crippen LogP) is 1.03. The highest BCUT2D eigenvalue weighted by Gasteiger charge is 2.00. The number of aliphatic hydroxyl groups excluding tert-OH is 1. The van der Waals surface area contributed by atoms with Gasteiger partial charge in [-0.25, -0.2) is 0 Å². The number of aliphatic hydroxyl groups is 1. The zero-order valence-electron chi connectivity index (χ0n) is 11.9. The van der Waals surface area contributed by atoms with E-state index in [1.165, 1.54) is 0 Å². The number of unbranched alkanes of at least 4 members (excludes halogenated alkanes) is 3. The molecule has 0 aliphatic carbocycles. The lowest BCUT2D eigenvalue weighted by Gasteiger charge is -2.07. The summed E-state index contributed by atoms with van der Waals surface area (Å²) < 4.78 is 15.1. The van der Waals surface area contributed by atoms with Crippen molar-refractivity contribution in [2.75, 3.05) is 40.0 Å². The number of hydrogen-bond donors (Lipinski definition) is 2. The zero-order chi connectivity index (χ0) is 14.2. The summed E-state index contributed by atoms with van der Waals surface area (Å²) in [5, 5.41) is 11.4. The molecule has 0 rings (SSSR count). The molecule has 6 nitrogen and oxygen atoms in total. The summed E-state index contributed by atoms with van der Waals surface area (Å²) >= 11 is 0. The van der Waals surface area contributed by atoms with Gasteiger partial charge in [-0.3, -0.25) is 4.79 Å². The van der Waals surface area contributed by atoms with Crippen molar-refractivity contribution in [1.82, 2.24) is 5.32 Å². The summed E-state index contributed by atoms with van der Waals surface area (Å²) in [6.07, 6.45) is 4.16. The lowest BCUT2D eigenvalue weighted by molar-refractivity contribution is -0.135. The number of carbonyl (C=O) groups is 1. The van der Waals surface area contributed by atoms with Crippen molar-refractivity contribution in [1.29, 1.82) is 0 Å². The van der Waals surface area contributed by atoms with E-state index in [-0.39, 0.29) is 26.1 Å². The molecule has 0 aromatic rings. The molecule has 0 saturated carbocycles. The van der Waals surface area contributed by atoms with Gasteiger partial charge in [-0.05, 0) is 19.8 Å². The van der Waals surface area contributed by atoms with Crippen LogP contribution in [0.2, 0.25) is 0 Å². The van der Waals surface area contributed by atoms with Gasteiger partial charge >= 0.3 is 0 Å². The number of amides is 1. The van der Waals surface area contributed by atoms with E-state index in [4.69, 9.17) is 19.3 Å². The fourth-order valence-corrected chi connectivity index (χ4v) is 1.37. The normalized spacial score (nSPS) is 10.6. The van der Waals surface area contributed by atoms with Gasteiger partial charge < -0.3 is 24.6 Å². The van der Waals surface area contributed by atoms with Crippen molar-refractivity contribution in [3.63, 3.8) is 0 Å². The van der Waals surface area contributed by atoms with Crippen LogP contribution in [0.15, 0.2) is 0 Å².